The van der Waals surface area contributed by atoms with Crippen LogP contribution in [0.5, 0.6) is 23.0 Å². The van der Waals surface area contributed by atoms with E-state index in [1.807, 2.05) is 0 Å². The van der Waals surface area contributed by atoms with Crippen LogP contribution in [0.2, 0.25) is 0 Å². The van der Waals surface area contributed by atoms with Crippen LogP contribution in [0.4, 0.5) is 4.39 Å². The first-order valence-electron chi connectivity index (χ1n) is 8.18. The van der Waals surface area contributed by atoms with Crippen molar-refractivity contribution in [3.63, 3.8) is 0 Å². The SMILES string of the molecule is CCCC(C)(C)COc1ccc(Oc2ccc(OC)cc2)c(F)c1. The minimum atomic E-state index is -0.448. The van der Waals surface area contributed by atoms with Crippen molar-refractivity contribution < 1.29 is 18.6 Å². The van der Waals surface area contributed by atoms with Crippen LogP contribution in [0.1, 0.15) is 33.6 Å². The van der Waals surface area contributed by atoms with Crippen molar-refractivity contribution in [3.8, 4) is 23.0 Å². The van der Waals surface area contributed by atoms with E-state index in [0.29, 0.717) is 18.1 Å². The van der Waals surface area contributed by atoms with Gasteiger partial charge in [-0.25, -0.2) is 4.39 Å². The number of hydrogen-bond acceptors (Lipinski definition) is 3. The summed E-state index contributed by atoms with van der Waals surface area (Å²) in [5.41, 5.74) is 0.0729. The van der Waals surface area contributed by atoms with E-state index < -0.39 is 5.82 Å². The predicted molar refractivity (Wildman–Crippen MR) is 93.7 cm³/mol. The van der Waals surface area contributed by atoms with Crippen LogP contribution in [-0.2, 0) is 0 Å². The molecule has 2 rings (SSSR count). The maximum atomic E-state index is 14.2. The summed E-state index contributed by atoms with van der Waals surface area (Å²) in [5.74, 6) is 1.50. The van der Waals surface area contributed by atoms with E-state index in [1.165, 1.54) is 6.07 Å². The Hall–Kier alpha value is -2.23. The minimum absolute atomic E-state index is 0.0729. The Morgan fingerprint density at radius 1 is 0.958 bits per heavy atom. The van der Waals surface area contributed by atoms with Gasteiger partial charge in [-0.15, -0.1) is 0 Å². The smallest absolute Gasteiger partial charge is 0.169 e. The highest BCUT2D eigenvalue weighted by molar-refractivity contribution is 5.38. The molecule has 0 aromatic heterocycles. The molecule has 24 heavy (non-hydrogen) atoms. The van der Waals surface area contributed by atoms with Crippen LogP contribution in [0.25, 0.3) is 0 Å². The standard InChI is InChI=1S/C20H25FO3/c1-5-12-20(2,3)14-23-17-10-11-19(18(21)13-17)24-16-8-6-15(22-4)7-9-16/h6-11,13H,5,12,14H2,1-4H3. The highest BCUT2D eigenvalue weighted by atomic mass is 19.1. The number of halogens is 1. The summed E-state index contributed by atoms with van der Waals surface area (Å²) in [4.78, 5) is 0. The van der Waals surface area contributed by atoms with Crippen molar-refractivity contribution in [1.82, 2.24) is 0 Å². The lowest BCUT2D eigenvalue weighted by Crippen LogP contribution is -2.21. The lowest BCUT2D eigenvalue weighted by atomic mass is 9.89. The highest BCUT2D eigenvalue weighted by Crippen LogP contribution is 2.30. The van der Waals surface area contributed by atoms with E-state index in [2.05, 4.69) is 20.8 Å². The molecule has 0 bridgehead atoms. The van der Waals surface area contributed by atoms with Crippen LogP contribution < -0.4 is 14.2 Å². The molecule has 2 aromatic rings. The van der Waals surface area contributed by atoms with E-state index in [4.69, 9.17) is 14.2 Å². The Bertz CT molecular complexity index is 650. The summed E-state index contributed by atoms with van der Waals surface area (Å²) in [6.45, 7) is 6.99. The number of rotatable bonds is 8. The molecule has 0 amide bonds. The molecule has 3 nitrogen and oxygen atoms in total. The van der Waals surface area contributed by atoms with Crippen LogP contribution in [-0.4, -0.2) is 13.7 Å². The van der Waals surface area contributed by atoms with E-state index in [-0.39, 0.29) is 11.2 Å². The topological polar surface area (TPSA) is 27.7 Å². The van der Waals surface area contributed by atoms with Gasteiger partial charge in [0, 0.05) is 6.07 Å². The molecular weight excluding hydrogens is 307 g/mol. The second-order valence-electron chi connectivity index (χ2n) is 6.57. The van der Waals surface area contributed by atoms with E-state index in [1.54, 1.807) is 43.5 Å². The van der Waals surface area contributed by atoms with Gasteiger partial charge in [0.15, 0.2) is 11.6 Å². The molecule has 0 saturated carbocycles. The van der Waals surface area contributed by atoms with Gasteiger partial charge in [0.2, 0.25) is 0 Å². The van der Waals surface area contributed by atoms with Crippen LogP contribution in [0.3, 0.4) is 0 Å². The van der Waals surface area contributed by atoms with Crippen molar-refractivity contribution in [2.75, 3.05) is 13.7 Å². The molecule has 0 radical (unpaired) electrons. The van der Waals surface area contributed by atoms with Gasteiger partial charge < -0.3 is 14.2 Å². The molecule has 0 saturated heterocycles. The molecule has 0 atom stereocenters. The Kier molecular flexibility index (Phi) is 6.07. The summed E-state index contributed by atoms with van der Waals surface area (Å²) in [6.07, 6.45) is 2.16. The van der Waals surface area contributed by atoms with Gasteiger partial charge in [0.05, 0.1) is 13.7 Å². The maximum Gasteiger partial charge on any atom is 0.169 e. The van der Waals surface area contributed by atoms with Gasteiger partial charge in [-0.1, -0.05) is 27.2 Å². The maximum absolute atomic E-state index is 14.2. The van der Waals surface area contributed by atoms with E-state index in [9.17, 15) is 4.39 Å². The molecule has 0 N–H and O–H groups in total. The molecule has 130 valence electrons. The second kappa shape index (κ2) is 8.04. The first-order valence-corrected chi connectivity index (χ1v) is 8.18. The second-order valence-corrected chi connectivity index (χ2v) is 6.57. The molecule has 0 spiro atoms. The van der Waals surface area contributed by atoms with Gasteiger partial charge >= 0.3 is 0 Å². The van der Waals surface area contributed by atoms with E-state index in [0.717, 1.165) is 18.6 Å². The quantitative estimate of drug-likeness (QED) is 0.608. The van der Waals surface area contributed by atoms with Crippen LogP contribution in [0, 0.1) is 11.2 Å². The lowest BCUT2D eigenvalue weighted by molar-refractivity contribution is 0.168. The summed E-state index contributed by atoms with van der Waals surface area (Å²) >= 11 is 0. The normalized spacial score (nSPS) is 11.2. The first kappa shape index (κ1) is 18.1. The zero-order valence-electron chi connectivity index (χ0n) is 14.8. The number of hydrogen-bond donors (Lipinski definition) is 0. The zero-order chi connectivity index (χ0) is 17.6. The van der Waals surface area contributed by atoms with Gasteiger partial charge in [-0.2, -0.15) is 0 Å². The minimum Gasteiger partial charge on any atom is -0.497 e. The average molecular weight is 332 g/mol. The van der Waals surface area contributed by atoms with Crippen molar-refractivity contribution in [2.45, 2.75) is 33.6 Å². The Morgan fingerprint density at radius 2 is 1.58 bits per heavy atom. The number of methoxy groups -OCH3 is 1. The first-order chi connectivity index (χ1) is 11.4. The largest absolute Gasteiger partial charge is 0.497 e. The van der Waals surface area contributed by atoms with Crippen molar-refractivity contribution in [1.29, 1.82) is 0 Å². The molecule has 0 aliphatic carbocycles. The third kappa shape index (κ3) is 5.15. The lowest BCUT2D eigenvalue weighted by Gasteiger charge is -2.24. The summed E-state index contributed by atoms with van der Waals surface area (Å²) in [7, 11) is 1.59. The van der Waals surface area contributed by atoms with E-state index >= 15 is 0 Å². The fraction of sp³-hybridized carbons (Fsp3) is 0.400. The Morgan fingerprint density at radius 3 is 2.17 bits per heavy atom. The molecule has 4 heteroatoms. The van der Waals surface area contributed by atoms with Gasteiger partial charge in [-0.3, -0.25) is 0 Å². The summed E-state index contributed by atoms with van der Waals surface area (Å²) in [6, 6.07) is 11.7. The number of benzene rings is 2. The summed E-state index contributed by atoms with van der Waals surface area (Å²) in [5, 5.41) is 0. The predicted octanol–water partition coefficient (Wildman–Crippen LogP) is 5.83. The van der Waals surface area contributed by atoms with Gasteiger partial charge in [0.25, 0.3) is 0 Å². The van der Waals surface area contributed by atoms with Crippen LogP contribution >= 0.6 is 0 Å². The Balaban J connectivity index is 2.01. The average Bonchev–Trinajstić information content (AvgIpc) is 2.56. The van der Waals surface area contributed by atoms with Crippen molar-refractivity contribution in [2.24, 2.45) is 5.41 Å². The molecule has 0 heterocycles. The molecule has 0 aliphatic heterocycles. The van der Waals surface area contributed by atoms with Crippen LogP contribution in [0.15, 0.2) is 42.5 Å². The van der Waals surface area contributed by atoms with Gasteiger partial charge in [0.1, 0.15) is 17.2 Å². The van der Waals surface area contributed by atoms with Crippen molar-refractivity contribution in [3.05, 3.63) is 48.3 Å². The summed E-state index contributed by atoms with van der Waals surface area (Å²) < 4.78 is 30.6. The Labute approximate surface area is 143 Å². The molecular formula is C20H25FO3. The van der Waals surface area contributed by atoms with Crippen molar-refractivity contribution >= 4 is 0 Å². The highest BCUT2D eigenvalue weighted by Gasteiger charge is 2.18. The monoisotopic (exact) mass is 332 g/mol. The zero-order valence-corrected chi connectivity index (χ0v) is 14.8. The third-order valence-corrected chi connectivity index (χ3v) is 3.75. The van der Waals surface area contributed by atoms with Gasteiger partial charge in [-0.05, 0) is 48.2 Å². The number of ether oxygens (including phenoxy) is 3. The fourth-order valence-electron chi connectivity index (χ4n) is 2.45. The fourth-order valence-corrected chi connectivity index (χ4v) is 2.45. The molecule has 0 unspecified atom stereocenters. The molecule has 0 fully saturated rings. The molecule has 0 aliphatic rings. The third-order valence-electron chi connectivity index (χ3n) is 3.75. The molecule has 2 aromatic carbocycles.